The Hall–Kier alpha value is -1.84. The van der Waals surface area contributed by atoms with Gasteiger partial charge < -0.3 is 10.1 Å². The van der Waals surface area contributed by atoms with E-state index < -0.39 is 11.2 Å². The van der Waals surface area contributed by atoms with Gasteiger partial charge in [0.2, 0.25) is 0 Å². The Morgan fingerprint density at radius 2 is 2.25 bits per heavy atom. The Kier molecular flexibility index (Phi) is 6.77. The van der Waals surface area contributed by atoms with Crippen LogP contribution >= 0.6 is 0 Å². The van der Waals surface area contributed by atoms with E-state index in [9.17, 15) is 9.59 Å². The molecule has 0 aliphatic carbocycles. The minimum absolute atomic E-state index is 0.0437. The lowest BCUT2D eigenvalue weighted by molar-refractivity contribution is 0.000451. The summed E-state index contributed by atoms with van der Waals surface area (Å²) in [5.74, 6) is 2.49. The normalized spacial score (nSPS) is 20.9. The molecule has 1 fully saturated rings. The molecular formula is C14H21N3O3. The number of terminal acetylenes is 1. The van der Waals surface area contributed by atoms with Crippen LogP contribution in [0.15, 0.2) is 21.9 Å². The minimum Gasteiger partial charge on any atom is -0.353 e. The first kappa shape index (κ1) is 16.2. The van der Waals surface area contributed by atoms with E-state index in [2.05, 4.69) is 16.2 Å². The van der Waals surface area contributed by atoms with Gasteiger partial charge in [0.1, 0.15) is 6.23 Å². The van der Waals surface area contributed by atoms with E-state index in [4.69, 9.17) is 11.2 Å². The summed E-state index contributed by atoms with van der Waals surface area (Å²) in [4.78, 5) is 24.7. The highest BCUT2D eigenvalue weighted by atomic mass is 16.5. The van der Waals surface area contributed by atoms with Crippen LogP contribution < -0.4 is 16.6 Å². The van der Waals surface area contributed by atoms with Crippen LogP contribution in [0.25, 0.3) is 0 Å². The van der Waals surface area contributed by atoms with Crippen molar-refractivity contribution in [2.75, 3.05) is 13.1 Å². The molecule has 1 aromatic rings. The van der Waals surface area contributed by atoms with Gasteiger partial charge >= 0.3 is 5.69 Å². The summed E-state index contributed by atoms with van der Waals surface area (Å²) in [7, 11) is 0. The van der Waals surface area contributed by atoms with E-state index in [1.54, 1.807) is 0 Å². The van der Waals surface area contributed by atoms with Gasteiger partial charge in [0.15, 0.2) is 0 Å². The van der Waals surface area contributed by atoms with Crippen molar-refractivity contribution in [2.45, 2.75) is 39.0 Å². The maximum Gasteiger partial charge on any atom is 0.330 e. The van der Waals surface area contributed by atoms with Crippen LogP contribution in [-0.2, 0) is 4.74 Å². The molecule has 1 aliphatic heterocycles. The molecule has 2 rings (SSSR count). The van der Waals surface area contributed by atoms with Gasteiger partial charge in [-0.1, -0.05) is 19.8 Å². The van der Waals surface area contributed by atoms with Crippen molar-refractivity contribution in [3.63, 3.8) is 0 Å². The van der Waals surface area contributed by atoms with E-state index in [0.717, 1.165) is 12.8 Å². The lowest BCUT2D eigenvalue weighted by Crippen LogP contribution is -2.32. The number of nitrogens with one attached hydrogen (secondary N) is 2. The first-order valence-electron chi connectivity index (χ1n) is 6.82. The number of aromatic nitrogens is 2. The molecule has 1 saturated heterocycles. The third-order valence-corrected chi connectivity index (χ3v) is 2.85. The Balaban J connectivity index is 0.000000956. The van der Waals surface area contributed by atoms with Crippen LogP contribution in [0.3, 0.4) is 0 Å². The largest absolute Gasteiger partial charge is 0.353 e. The molecule has 0 aromatic carbocycles. The fourth-order valence-electron chi connectivity index (χ4n) is 2.00. The number of nitrogens with zero attached hydrogens (tertiary/aromatic N) is 1. The van der Waals surface area contributed by atoms with E-state index >= 15 is 0 Å². The predicted molar refractivity (Wildman–Crippen MR) is 77.5 cm³/mol. The zero-order valence-electron chi connectivity index (χ0n) is 11.9. The van der Waals surface area contributed by atoms with Crippen molar-refractivity contribution in [3.05, 3.63) is 33.1 Å². The Bertz CT molecular complexity index is 556. The maximum absolute atomic E-state index is 11.6. The number of aromatic amines is 1. The molecule has 2 unspecified atom stereocenters. The third kappa shape index (κ3) is 4.37. The highest BCUT2D eigenvalue weighted by Gasteiger charge is 2.26. The fraction of sp³-hybridized carbons (Fsp3) is 0.571. The predicted octanol–water partition coefficient (Wildman–Crippen LogP) is 0.463. The summed E-state index contributed by atoms with van der Waals surface area (Å²) in [5, 5.41) is 3.07. The average molecular weight is 279 g/mol. The highest BCUT2D eigenvalue weighted by Crippen LogP contribution is 2.26. The van der Waals surface area contributed by atoms with Crippen LogP contribution in [0, 0.1) is 12.3 Å². The van der Waals surface area contributed by atoms with Crippen LogP contribution in [-0.4, -0.2) is 28.7 Å². The summed E-state index contributed by atoms with van der Waals surface area (Å²) in [6.45, 7) is 5.17. The highest BCUT2D eigenvalue weighted by molar-refractivity contribution is 4.88. The number of rotatable bonds is 4. The summed E-state index contributed by atoms with van der Waals surface area (Å²) < 4.78 is 7.13. The molecule has 6 heteroatoms. The van der Waals surface area contributed by atoms with E-state index in [0.29, 0.717) is 13.1 Å². The summed E-state index contributed by atoms with van der Waals surface area (Å²) in [5.41, 5.74) is -0.841. The first-order valence-corrected chi connectivity index (χ1v) is 6.82. The van der Waals surface area contributed by atoms with E-state index in [1.807, 2.05) is 13.8 Å². The SMILES string of the molecule is C#CCNCC1CCC(n2ccc(=O)[nH]c2=O)O1.CC. The van der Waals surface area contributed by atoms with E-state index in [-0.39, 0.29) is 12.3 Å². The first-order chi connectivity index (χ1) is 9.70. The molecule has 2 atom stereocenters. The zero-order chi connectivity index (χ0) is 15.0. The quantitative estimate of drug-likeness (QED) is 0.620. The Morgan fingerprint density at radius 3 is 2.90 bits per heavy atom. The Morgan fingerprint density at radius 1 is 1.50 bits per heavy atom. The van der Waals surface area contributed by atoms with Crippen LogP contribution in [0.5, 0.6) is 0 Å². The molecule has 6 nitrogen and oxygen atoms in total. The second kappa shape index (κ2) is 8.35. The zero-order valence-corrected chi connectivity index (χ0v) is 11.9. The minimum atomic E-state index is -0.440. The second-order valence-corrected chi connectivity index (χ2v) is 4.14. The monoisotopic (exact) mass is 279 g/mol. The second-order valence-electron chi connectivity index (χ2n) is 4.14. The molecule has 1 aliphatic rings. The van der Waals surface area contributed by atoms with Gasteiger partial charge in [0.05, 0.1) is 12.6 Å². The molecule has 2 heterocycles. The molecule has 0 spiro atoms. The van der Waals surface area contributed by atoms with Crippen molar-refractivity contribution in [1.29, 1.82) is 0 Å². The maximum atomic E-state index is 11.6. The fourth-order valence-corrected chi connectivity index (χ4v) is 2.00. The standard InChI is InChI=1S/C12H15N3O3.C2H6/c1-2-6-13-8-9-3-4-11(18-9)15-7-5-10(16)14-12(15)17;1-2/h1,5,7,9,11,13H,3-4,6,8H2,(H,14,16,17);1-2H3. The number of hydrogen-bond acceptors (Lipinski definition) is 4. The lowest BCUT2D eigenvalue weighted by Gasteiger charge is -2.15. The van der Waals surface area contributed by atoms with Crippen LogP contribution in [0.4, 0.5) is 0 Å². The number of H-pyrrole nitrogens is 1. The molecule has 0 radical (unpaired) electrons. The smallest absolute Gasteiger partial charge is 0.330 e. The van der Waals surface area contributed by atoms with Crippen molar-refractivity contribution in [3.8, 4) is 12.3 Å². The topological polar surface area (TPSA) is 76.1 Å². The van der Waals surface area contributed by atoms with Gasteiger partial charge in [-0.15, -0.1) is 6.42 Å². The van der Waals surface area contributed by atoms with E-state index in [1.165, 1.54) is 16.8 Å². The van der Waals surface area contributed by atoms with Gasteiger partial charge in [-0.25, -0.2) is 4.79 Å². The van der Waals surface area contributed by atoms with Crippen molar-refractivity contribution < 1.29 is 4.74 Å². The molecule has 0 amide bonds. The summed E-state index contributed by atoms with van der Waals surface area (Å²) in [6.07, 6.45) is 7.92. The van der Waals surface area contributed by atoms with Gasteiger partial charge in [-0.05, 0) is 12.8 Å². The van der Waals surface area contributed by atoms with Gasteiger partial charge in [-0.2, -0.15) is 0 Å². The van der Waals surface area contributed by atoms with Gasteiger partial charge in [0.25, 0.3) is 5.56 Å². The van der Waals surface area contributed by atoms with Crippen molar-refractivity contribution >= 4 is 0 Å². The number of ether oxygens (including phenoxy) is 1. The number of hydrogen-bond donors (Lipinski definition) is 2. The van der Waals surface area contributed by atoms with Crippen LogP contribution in [0.1, 0.15) is 32.9 Å². The molecule has 0 bridgehead atoms. The molecule has 0 saturated carbocycles. The van der Waals surface area contributed by atoms with Crippen LogP contribution in [0.2, 0.25) is 0 Å². The molecule has 110 valence electrons. The molecule has 20 heavy (non-hydrogen) atoms. The third-order valence-electron chi connectivity index (χ3n) is 2.85. The van der Waals surface area contributed by atoms with Crippen molar-refractivity contribution in [2.24, 2.45) is 0 Å². The molecular weight excluding hydrogens is 258 g/mol. The lowest BCUT2D eigenvalue weighted by atomic mass is 10.2. The Labute approximate surface area is 118 Å². The summed E-state index contributed by atoms with van der Waals surface area (Å²) in [6, 6.07) is 1.31. The van der Waals surface area contributed by atoms with Gasteiger partial charge in [0, 0.05) is 18.8 Å². The summed E-state index contributed by atoms with van der Waals surface area (Å²) >= 11 is 0. The molecule has 2 N–H and O–H groups in total. The average Bonchev–Trinajstić information content (AvgIpc) is 2.90. The van der Waals surface area contributed by atoms with Crippen molar-refractivity contribution in [1.82, 2.24) is 14.9 Å². The van der Waals surface area contributed by atoms with Gasteiger partial charge in [-0.3, -0.25) is 14.3 Å². The molecule has 1 aromatic heterocycles.